The van der Waals surface area contributed by atoms with Crippen LogP contribution in [0.2, 0.25) is 0 Å². The van der Waals surface area contributed by atoms with Crippen LogP contribution in [-0.2, 0) is 16.0 Å². The standard InChI is InChI=1S/C17H26O2/c1-5-14-7-9-16(10-8-14)15(6-2)11-17(18)19-12-13(3)4/h7-10,13,15H,5-6,11-12H2,1-4H3. The summed E-state index contributed by atoms with van der Waals surface area (Å²) in [6.45, 7) is 8.88. The first-order valence-corrected chi connectivity index (χ1v) is 7.31. The van der Waals surface area contributed by atoms with E-state index in [2.05, 4.69) is 38.1 Å². The highest BCUT2D eigenvalue weighted by Gasteiger charge is 2.15. The Hall–Kier alpha value is -1.31. The fourth-order valence-corrected chi connectivity index (χ4v) is 2.04. The summed E-state index contributed by atoms with van der Waals surface area (Å²) in [6, 6.07) is 8.58. The molecule has 0 aliphatic heterocycles. The highest BCUT2D eigenvalue weighted by molar-refractivity contribution is 5.70. The zero-order valence-corrected chi connectivity index (χ0v) is 12.6. The van der Waals surface area contributed by atoms with Crippen molar-refractivity contribution >= 4 is 5.97 Å². The number of benzene rings is 1. The molecule has 2 heteroatoms. The number of esters is 1. The Morgan fingerprint density at radius 3 is 2.26 bits per heavy atom. The zero-order chi connectivity index (χ0) is 14.3. The molecular formula is C17H26O2. The van der Waals surface area contributed by atoms with Crippen molar-refractivity contribution < 1.29 is 9.53 Å². The van der Waals surface area contributed by atoms with Crippen LogP contribution in [-0.4, -0.2) is 12.6 Å². The summed E-state index contributed by atoms with van der Waals surface area (Å²) in [4.78, 5) is 11.8. The molecule has 0 saturated carbocycles. The third-order valence-electron chi connectivity index (χ3n) is 3.34. The second-order valence-electron chi connectivity index (χ2n) is 5.48. The molecule has 106 valence electrons. The van der Waals surface area contributed by atoms with Gasteiger partial charge < -0.3 is 4.74 Å². The van der Waals surface area contributed by atoms with Gasteiger partial charge in [-0.15, -0.1) is 0 Å². The topological polar surface area (TPSA) is 26.3 Å². The zero-order valence-electron chi connectivity index (χ0n) is 12.6. The Morgan fingerprint density at radius 1 is 1.16 bits per heavy atom. The van der Waals surface area contributed by atoms with Crippen LogP contribution in [0, 0.1) is 5.92 Å². The quantitative estimate of drug-likeness (QED) is 0.684. The lowest BCUT2D eigenvalue weighted by Gasteiger charge is -2.15. The second-order valence-corrected chi connectivity index (χ2v) is 5.48. The van der Waals surface area contributed by atoms with Crippen LogP contribution in [0.3, 0.4) is 0 Å². The molecule has 1 atom stereocenters. The van der Waals surface area contributed by atoms with E-state index in [0.29, 0.717) is 18.9 Å². The number of carbonyl (C=O) groups excluding carboxylic acids is 1. The number of hydrogen-bond donors (Lipinski definition) is 0. The Labute approximate surface area is 117 Å². The van der Waals surface area contributed by atoms with Crippen molar-refractivity contribution in [2.45, 2.75) is 52.9 Å². The molecule has 0 aliphatic carbocycles. The predicted molar refractivity (Wildman–Crippen MR) is 79.3 cm³/mol. The van der Waals surface area contributed by atoms with Crippen LogP contribution in [0.1, 0.15) is 57.6 Å². The van der Waals surface area contributed by atoms with Gasteiger partial charge in [-0.3, -0.25) is 4.79 Å². The first-order chi connectivity index (χ1) is 9.06. The van der Waals surface area contributed by atoms with E-state index in [4.69, 9.17) is 4.74 Å². The summed E-state index contributed by atoms with van der Waals surface area (Å²) in [5.41, 5.74) is 2.57. The molecule has 1 aromatic rings. The van der Waals surface area contributed by atoms with E-state index in [0.717, 1.165) is 12.8 Å². The number of aryl methyl sites for hydroxylation is 1. The third-order valence-corrected chi connectivity index (χ3v) is 3.34. The van der Waals surface area contributed by atoms with Gasteiger partial charge in [0.2, 0.25) is 0 Å². The van der Waals surface area contributed by atoms with E-state index >= 15 is 0 Å². The molecule has 0 N–H and O–H groups in total. The van der Waals surface area contributed by atoms with Gasteiger partial charge in [-0.05, 0) is 35.8 Å². The lowest BCUT2D eigenvalue weighted by molar-refractivity contribution is -0.145. The van der Waals surface area contributed by atoms with Crippen molar-refractivity contribution in [3.8, 4) is 0 Å². The van der Waals surface area contributed by atoms with E-state index in [1.807, 2.05) is 13.8 Å². The van der Waals surface area contributed by atoms with Gasteiger partial charge in [0.05, 0.1) is 13.0 Å². The van der Waals surface area contributed by atoms with Crippen molar-refractivity contribution in [3.05, 3.63) is 35.4 Å². The Bertz CT molecular complexity index is 379. The average molecular weight is 262 g/mol. The summed E-state index contributed by atoms with van der Waals surface area (Å²) >= 11 is 0. The van der Waals surface area contributed by atoms with Gasteiger partial charge >= 0.3 is 5.97 Å². The maximum Gasteiger partial charge on any atom is 0.306 e. The summed E-state index contributed by atoms with van der Waals surface area (Å²) in [5, 5.41) is 0. The smallest absolute Gasteiger partial charge is 0.306 e. The Balaban J connectivity index is 2.59. The van der Waals surface area contributed by atoms with Crippen molar-refractivity contribution in [1.29, 1.82) is 0 Å². The first kappa shape index (κ1) is 15.7. The van der Waals surface area contributed by atoms with E-state index < -0.39 is 0 Å². The normalized spacial score (nSPS) is 12.5. The van der Waals surface area contributed by atoms with Gasteiger partial charge in [-0.1, -0.05) is 52.0 Å². The van der Waals surface area contributed by atoms with E-state index in [9.17, 15) is 4.79 Å². The minimum atomic E-state index is -0.0832. The summed E-state index contributed by atoms with van der Waals surface area (Å²) < 4.78 is 5.26. The van der Waals surface area contributed by atoms with E-state index in [-0.39, 0.29) is 11.9 Å². The van der Waals surface area contributed by atoms with Crippen LogP contribution in [0.15, 0.2) is 24.3 Å². The summed E-state index contributed by atoms with van der Waals surface area (Å²) in [5.74, 6) is 0.582. The Kier molecular flexibility index (Phi) is 6.61. The largest absolute Gasteiger partial charge is 0.465 e. The van der Waals surface area contributed by atoms with Crippen molar-refractivity contribution in [1.82, 2.24) is 0 Å². The van der Waals surface area contributed by atoms with E-state index in [1.165, 1.54) is 11.1 Å². The van der Waals surface area contributed by atoms with E-state index in [1.54, 1.807) is 0 Å². The van der Waals surface area contributed by atoms with Crippen molar-refractivity contribution in [2.24, 2.45) is 5.92 Å². The molecule has 0 fully saturated rings. The fraction of sp³-hybridized carbons (Fsp3) is 0.588. The highest BCUT2D eigenvalue weighted by Crippen LogP contribution is 2.24. The number of rotatable bonds is 7. The molecular weight excluding hydrogens is 236 g/mol. The predicted octanol–water partition coefficient (Wildman–Crippen LogP) is 4.33. The highest BCUT2D eigenvalue weighted by atomic mass is 16.5. The lowest BCUT2D eigenvalue weighted by Crippen LogP contribution is -2.13. The van der Waals surface area contributed by atoms with Crippen LogP contribution >= 0.6 is 0 Å². The fourth-order valence-electron chi connectivity index (χ4n) is 2.04. The SMILES string of the molecule is CCc1ccc(C(CC)CC(=O)OCC(C)C)cc1. The van der Waals surface area contributed by atoms with Gasteiger partial charge in [-0.2, -0.15) is 0 Å². The minimum absolute atomic E-state index is 0.0832. The van der Waals surface area contributed by atoms with Crippen LogP contribution in [0.4, 0.5) is 0 Å². The molecule has 0 radical (unpaired) electrons. The molecule has 0 amide bonds. The molecule has 19 heavy (non-hydrogen) atoms. The minimum Gasteiger partial charge on any atom is -0.465 e. The molecule has 1 aromatic carbocycles. The molecule has 0 aromatic heterocycles. The number of hydrogen-bond acceptors (Lipinski definition) is 2. The number of ether oxygens (including phenoxy) is 1. The first-order valence-electron chi connectivity index (χ1n) is 7.31. The lowest BCUT2D eigenvalue weighted by atomic mass is 9.92. The molecule has 0 bridgehead atoms. The summed E-state index contributed by atoms with van der Waals surface area (Å²) in [6.07, 6.45) is 2.49. The number of carbonyl (C=O) groups is 1. The molecule has 1 unspecified atom stereocenters. The van der Waals surface area contributed by atoms with Crippen LogP contribution in [0.25, 0.3) is 0 Å². The molecule has 2 nitrogen and oxygen atoms in total. The molecule has 1 rings (SSSR count). The molecule has 0 spiro atoms. The van der Waals surface area contributed by atoms with Crippen molar-refractivity contribution in [2.75, 3.05) is 6.61 Å². The maximum absolute atomic E-state index is 11.8. The van der Waals surface area contributed by atoms with Gasteiger partial charge in [-0.25, -0.2) is 0 Å². The van der Waals surface area contributed by atoms with Gasteiger partial charge in [0.1, 0.15) is 0 Å². The van der Waals surface area contributed by atoms with Crippen LogP contribution in [0.5, 0.6) is 0 Å². The van der Waals surface area contributed by atoms with Crippen LogP contribution < -0.4 is 0 Å². The summed E-state index contributed by atoms with van der Waals surface area (Å²) in [7, 11) is 0. The Morgan fingerprint density at radius 2 is 1.79 bits per heavy atom. The third kappa shape index (κ3) is 5.46. The average Bonchev–Trinajstić information content (AvgIpc) is 2.42. The monoisotopic (exact) mass is 262 g/mol. The maximum atomic E-state index is 11.8. The molecule has 0 heterocycles. The van der Waals surface area contributed by atoms with Crippen molar-refractivity contribution in [3.63, 3.8) is 0 Å². The van der Waals surface area contributed by atoms with Gasteiger partial charge in [0.25, 0.3) is 0 Å². The molecule has 0 aliphatic rings. The second kappa shape index (κ2) is 7.98. The van der Waals surface area contributed by atoms with Gasteiger partial charge in [0, 0.05) is 0 Å². The molecule has 0 saturated heterocycles. The van der Waals surface area contributed by atoms with Gasteiger partial charge in [0.15, 0.2) is 0 Å².